The fourth-order valence-corrected chi connectivity index (χ4v) is 1.63. The van der Waals surface area contributed by atoms with Crippen LogP contribution in [0.1, 0.15) is 23.8 Å². The van der Waals surface area contributed by atoms with E-state index in [0.29, 0.717) is 13.1 Å². The lowest BCUT2D eigenvalue weighted by atomic mass is 10.3. The number of esters is 1. The largest absolute Gasteiger partial charge is 0.464 e. The smallest absolute Gasteiger partial charge is 0.356 e. The molecule has 0 aliphatic heterocycles. The molecule has 0 aliphatic rings. The number of aromatic nitrogens is 1. The van der Waals surface area contributed by atoms with Crippen molar-refractivity contribution in [1.82, 2.24) is 4.98 Å². The van der Waals surface area contributed by atoms with Crippen molar-refractivity contribution in [2.45, 2.75) is 13.3 Å². The van der Waals surface area contributed by atoms with Gasteiger partial charge in [-0.1, -0.05) is 0 Å². The highest BCUT2D eigenvalue weighted by molar-refractivity contribution is 5.88. The molecule has 1 heterocycles. The number of carbonyl (C=O) groups is 1. The van der Waals surface area contributed by atoms with E-state index in [1.165, 1.54) is 19.2 Å². The Balaban J connectivity index is 3.26. The molecule has 8 heteroatoms. The second-order valence-corrected chi connectivity index (χ2v) is 3.78. The summed E-state index contributed by atoms with van der Waals surface area (Å²) in [5, 5.41) is 19.6. The molecule has 0 amide bonds. The summed E-state index contributed by atoms with van der Waals surface area (Å²) >= 11 is 0. The summed E-state index contributed by atoms with van der Waals surface area (Å²) < 4.78 is 4.54. The molecule has 0 unspecified atom stereocenters. The van der Waals surface area contributed by atoms with Crippen LogP contribution in [0.3, 0.4) is 0 Å². The van der Waals surface area contributed by atoms with Gasteiger partial charge in [-0.3, -0.25) is 10.1 Å². The van der Waals surface area contributed by atoms with Crippen molar-refractivity contribution in [3.63, 3.8) is 0 Å². The molecule has 0 atom stereocenters. The Kier molecular flexibility index (Phi) is 5.41. The van der Waals surface area contributed by atoms with Gasteiger partial charge in [-0.15, -0.1) is 0 Å². The Bertz CT molecular complexity index is 553. The van der Waals surface area contributed by atoms with E-state index < -0.39 is 10.9 Å². The van der Waals surface area contributed by atoms with Gasteiger partial charge in [0.15, 0.2) is 5.69 Å². The minimum Gasteiger partial charge on any atom is -0.464 e. The summed E-state index contributed by atoms with van der Waals surface area (Å²) in [4.78, 5) is 27.5. The predicted octanol–water partition coefficient (Wildman–Crippen LogP) is 1.52. The Morgan fingerprint density at radius 1 is 1.60 bits per heavy atom. The molecule has 0 saturated heterocycles. The highest BCUT2D eigenvalue weighted by Gasteiger charge is 2.22. The zero-order valence-electron chi connectivity index (χ0n) is 11.2. The van der Waals surface area contributed by atoms with Crippen molar-refractivity contribution in [2.75, 3.05) is 25.1 Å². The van der Waals surface area contributed by atoms with E-state index in [0.717, 1.165) is 0 Å². The van der Waals surface area contributed by atoms with E-state index in [9.17, 15) is 14.9 Å². The van der Waals surface area contributed by atoms with Gasteiger partial charge in [0.25, 0.3) is 0 Å². The van der Waals surface area contributed by atoms with Gasteiger partial charge in [0.2, 0.25) is 5.82 Å². The number of ether oxygens (including phenoxy) is 1. The van der Waals surface area contributed by atoms with Crippen molar-refractivity contribution in [1.29, 1.82) is 5.26 Å². The van der Waals surface area contributed by atoms with Crippen molar-refractivity contribution < 1.29 is 14.5 Å². The van der Waals surface area contributed by atoms with Crippen LogP contribution in [-0.2, 0) is 4.74 Å². The van der Waals surface area contributed by atoms with Gasteiger partial charge in [-0.25, -0.2) is 9.78 Å². The summed E-state index contributed by atoms with van der Waals surface area (Å²) in [6.07, 6.45) is 0.203. The van der Waals surface area contributed by atoms with Crippen LogP contribution in [-0.4, -0.2) is 36.1 Å². The minimum absolute atomic E-state index is 0.0106. The molecule has 0 fully saturated rings. The highest BCUT2D eigenvalue weighted by Crippen LogP contribution is 2.26. The first-order chi connectivity index (χ1) is 9.54. The number of pyridine rings is 1. The maximum atomic E-state index is 11.4. The lowest BCUT2D eigenvalue weighted by Crippen LogP contribution is -2.26. The first-order valence-corrected chi connectivity index (χ1v) is 5.90. The summed E-state index contributed by atoms with van der Waals surface area (Å²) in [7, 11) is 1.21. The van der Waals surface area contributed by atoms with Crippen LogP contribution in [0.4, 0.5) is 11.5 Å². The number of nitro groups is 1. The zero-order valence-corrected chi connectivity index (χ0v) is 11.2. The van der Waals surface area contributed by atoms with Gasteiger partial charge in [0.1, 0.15) is 0 Å². The Hall–Kier alpha value is -2.69. The van der Waals surface area contributed by atoms with Gasteiger partial charge in [-0.05, 0) is 13.0 Å². The second kappa shape index (κ2) is 7.04. The third-order valence-corrected chi connectivity index (χ3v) is 2.62. The molecule has 1 rings (SSSR count). The lowest BCUT2D eigenvalue weighted by Gasteiger charge is -2.20. The highest BCUT2D eigenvalue weighted by atomic mass is 16.6. The average molecular weight is 278 g/mol. The van der Waals surface area contributed by atoms with Crippen molar-refractivity contribution in [3.8, 4) is 6.07 Å². The Morgan fingerprint density at radius 3 is 2.80 bits per heavy atom. The predicted molar refractivity (Wildman–Crippen MR) is 70.3 cm³/mol. The van der Waals surface area contributed by atoms with Crippen molar-refractivity contribution in [2.24, 2.45) is 0 Å². The SMILES string of the molecule is CCN(CCC#N)c1nc(C(=O)OC)ccc1[N+](=O)[O-]. The number of carbonyl (C=O) groups excluding carboxylic acids is 1. The maximum absolute atomic E-state index is 11.4. The van der Waals surface area contributed by atoms with Crippen LogP contribution in [0.15, 0.2) is 12.1 Å². The van der Waals surface area contributed by atoms with E-state index in [1.54, 1.807) is 11.8 Å². The monoisotopic (exact) mass is 278 g/mol. The number of methoxy groups -OCH3 is 1. The third kappa shape index (κ3) is 3.41. The quantitative estimate of drug-likeness (QED) is 0.440. The molecule has 1 aromatic rings. The van der Waals surface area contributed by atoms with Crippen LogP contribution in [0.5, 0.6) is 0 Å². The van der Waals surface area contributed by atoms with Crippen LogP contribution in [0.2, 0.25) is 0 Å². The number of nitrogens with zero attached hydrogens (tertiary/aromatic N) is 4. The molecule has 0 spiro atoms. The fraction of sp³-hybridized carbons (Fsp3) is 0.417. The number of hydrogen-bond acceptors (Lipinski definition) is 7. The maximum Gasteiger partial charge on any atom is 0.356 e. The van der Waals surface area contributed by atoms with E-state index in [-0.39, 0.29) is 23.6 Å². The lowest BCUT2D eigenvalue weighted by molar-refractivity contribution is -0.384. The molecule has 0 aliphatic carbocycles. The van der Waals surface area contributed by atoms with Crippen LogP contribution in [0, 0.1) is 21.4 Å². The Morgan fingerprint density at radius 2 is 2.30 bits per heavy atom. The number of rotatable bonds is 6. The third-order valence-electron chi connectivity index (χ3n) is 2.62. The molecule has 0 bridgehead atoms. The first kappa shape index (κ1) is 15.4. The molecule has 0 N–H and O–H groups in total. The molecule has 0 aromatic carbocycles. The molecule has 8 nitrogen and oxygen atoms in total. The zero-order chi connectivity index (χ0) is 15.1. The van der Waals surface area contributed by atoms with Crippen molar-refractivity contribution >= 4 is 17.5 Å². The fourth-order valence-electron chi connectivity index (χ4n) is 1.63. The average Bonchev–Trinajstić information content (AvgIpc) is 2.46. The molecular formula is C12H14N4O4. The van der Waals surface area contributed by atoms with E-state index >= 15 is 0 Å². The summed E-state index contributed by atoms with van der Waals surface area (Å²) in [5.41, 5.74) is -0.221. The normalized spacial score (nSPS) is 9.65. The van der Waals surface area contributed by atoms with Crippen LogP contribution < -0.4 is 4.90 Å². The van der Waals surface area contributed by atoms with Crippen LogP contribution in [0.25, 0.3) is 0 Å². The van der Waals surface area contributed by atoms with Crippen LogP contribution >= 0.6 is 0 Å². The molecule has 1 aromatic heterocycles. The van der Waals surface area contributed by atoms with E-state index in [4.69, 9.17) is 5.26 Å². The molecule has 0 radical (unpaired) electrons. The van der Waals surface area contributed by atoms with Crippen molar-refractivity contribution in [3.05, 3.63) is 27.9 Å². The summed E-state index contributed by atoms with van der Waals surface area (Å²) in [5.74, 6) is -0.604. The summed E-state index contributed by atoms with van der Waals surface area (Å²) in [6, 6.07) is 4.42. The topological polar surface area (TPSA) is 109 Å². The molecule has 20 heavy (non-hydrogen) atoms. The Labute approximate surface area is 115 Å². The molecule has 106 valence electrons. The number of hydrogen-bond donors (Lipinski definition) is 0. The summed E-state index contributed by atoms with van der Waals surface area (Å²) in [6.45, 7) is 2.51. The number of anilines is 1. The van der Waals surface area contributed by atoms with Gasteiger partial charge < -0.3 is 9.64 Å². The van der Waals surface area contributed by atoms with Gasteiger partial charge in [0, 0.05) is 19.2 Å². The second-order valence-electron chi connectivity index (χ2n) is 3.78. The first-order valence-electron chi connectivity index (χ1n) is 5.90. The standard InChI is InChI=1S/C12H14N4O4/c1-3-15(8-4-7-13)11-10(16(18)19)6-5-9(14-11)12(17)20-2/h5-6H,3-4,8H2,1-2H3. The molecular weight excluding hydrogens is 264 g/mol. The van der Waals surface area contributed by atoms with Gasteiger partial charge in [0.05, 0.1) is 24.5 Å². The van der Waals surface area contributed by atoms with Gasteiger partial charge >= 0.3 is 11.7 Å². The minimum atomic E-state index is -0.669. The number of nitriles is 1. The van der Waals surface area contributed by atoms with E-state index in [1.807, 2.05) is 6.07 Å². The van der Waals surface area contributed by atoms with Gasteiger partial charge in [-0.2, -0.15) is 5.26 Å². The van der Waals surface area contributed by atoms with E-state index in [2.05, 4.69) is 9.72 Å². The molecule has 0 saturated carbocycles.